The Morgan fingerprint density at radius 1 is 1.12 bits per heavy atom. The predicted octanol–water partition coefficient (Wildman–Crippen LogP) is 1.71. The van der Waals surface area contributed by atoms with E-state index in [-0.39, 0.29) is 11.8 Å². The molecule has 1 aliphatic rings. The molecule has 8 heteroatoms. The number of fused-ring (bicyclic) bond motifs is 1. The van der Waals surface area contributed by atoms with E-state index in [1.54, 1.807) is 39.3 Å². The first-order chi connectivity index (χ1) is 12.6. The van der Waals surface area contributed by atoms with Crippen LogP contribution in [0.5, 0.6) is 0 Å². The SMILES string of the molecule is O=C(Cc1cccs1)N1CCN(C(=O)c2ccc3[nH]c(=O)oc3c2)CC1. The van der Waals surface area contributed by atoms with Gasteiger partial charge in [-0.25, -0.2) is 4.79 Å². The van der Waals surface area contributed by atoms with Crippen molar-refractivity contribution >= 4 is 34.3 Å². The van der Waals surface area contributed by atoms with Gasteiger partial charge in [0.1, 0.15) is 0 Å². The zero-order valence-electron chi connectivity index (χ0n) is 13.9. The summed E-state index contributed by atoms with van der Waals surface area (Å²) >= 11 is 1.57. The summed E-state index contributed by atoms with van der Waals surface area (Å²) in [5.74, 6) is -0.571. The van der Waals surface area contributed by atoms with Gasteiger partial charge in [-0.15, -0.1) is 11.3 Å². The third kappa shape index (κ3) is 3.28. The summed E-state index contributed by atoms with van der Waals surface area (Å²) in [6.45, 7) is 2.03. The summed E-state index contributed by atoms with van der Waals surface area (Å²) < 4.78 is 5.01. The Labute approximate surface area is 152 Å². The lowest BCUT2D eigenvalue weighted by molar-refractivity contribution is -0.131. The molecule has 1 saturated heterocycles. The smallest absolute Gasteiger partial charge is 0.408 e. The number of piperazine rings is 1. The van der Waals surface area contributed by atoms with Crippen molar-refractivity contribution < 1.29 is 14.0 Å². The molecular formula is C18H17N3O4S. The minimum Gasteiger partial charge on any atom is -0.408 e. The second-order valence-electron chi connectivity index (χ2n) is 6.15. The average Bonchev–Trinajstić information content (AvgIpc) is 3.28. The van der Waals surface area contributed by atoms with E-state index in [1.807, 2.05) is 17.5 Å². The third-order valence-electron chi connectivity index (χ3n) is 4.49. The van der Waals surface area contributed by atoms with Crippen LogP contribution in [-0.4, -0.2) is 52.8 Å². The van der Waals surface area contributed by atoms with Crippen LogP contribution >= 0.6 is 11.3 Å². The number of rotatable bonds is 3. The largest absolute Gasteiger partial charge is 0.417 e. The maximum atomic E-state index is 12.7. The van der Waals surface area contributed by atoms with Crippen molar-refractivity contribution in [2.75, 3.05) is 26.2 Å². The van der Waals surface area contributed by atoms with E-state index in [9.17, 15) is 14.4 Å². The summed E-state index contributed by atoms with van der Waals surface area (Å²) in [5.41, 5.74) is 1.40. The van der Waals surface area contributed by atoms with E-state index in [4.69, 9.17) is 4.42 Å². The molecule has 2 amide bonds. The highest BCUT2D eigenvalue weighted by Gasteiger charge is 2.25. The van der Waals surface area contributed by atoms with Crippen LogP contribution in [0.15, 0.2) is 44.9 Å². The third-order valence-corrected chi connectivity index (χ3v) is 5.37. The number of benzene rings is 1. The first-order valence-corrected chi connectivity index (χ1v) is 9.20. The second kappa shape index (κ2) is 6.80. The summed E-state index contributed by atoms with van der Waals surface area (Å²) in [6.07, 6.45) is 0.412. The molecule has 134 valence electrons. The molecule has 1 aromatic carbocycles. The van der Waals surface area contributed by atoms with Gasteiger partial charge in [-0.2, -0.15) is 0 Å². The highest BCUT2D eigenvalue weighted by Crippen LogP contribution is 2.16. The topological polar surface area (TPSA) is 86.6 Å². The number of carbonyl (C=O) groups is 2. The molecule has 0 atom stereocenters. The van der Waals surface area contributed by atoms with Gasteiger partial charge in [-0.3, -0.25) is 14.6 Å². The van der Waals surface area contributed by atoms with Gasteiger partial charge >= 0.3 is 5.76 Å². The van der Waals surface area contributed by atoms with Crippen LogP contribution in [0.1, 0.15) is 15.2 Å². The van der Waals surface area contributed by atoms with Crippen LogP contribution in [0.2, 0.25) is 0 Å². The minimum atomic E-state index is -0.539. The second-order valence-corrected chi connectivity index (χ2v) is 7.19. The molecule has 0 unspecified atom stereocenters. The van der Waals surface area contributed by atoms with Gasteiger partial charge in [0, 0.05) is 36.6 Å². The lowest BCUT2D eigenvalue weighted by atomic mass is 10.1. The molecule has 0 radical (unpaired) electrons. The van der Waals surface area contributed by atoms with E-state index in [1.165, 1.54) is 0 Å². The molecule has 0 bridgehead atoms. The molecule has 1 fully saturated rings. The van der Waals surface area contributed by atoms with Crippen LogP contribution in [-0.2, 0) is 11.2 Å². The van der Waals surface area contributed by atoms with E-state index in [0.717, 1.165) is 4.88 Å². The van der Waals surface area contributed by atoms with Gasteiger partial charge in [0.2, 0.25) is 5.91 Å². The van der Waals surface area contributed by atoms with Crippen LogP contribution in [0, 0.1) is 0 Å². The highest BCUT2D eigenvalue weighted by atomic mass is 32.1. The van der Waals surface area contributed by atoms with Crippen LogP contribution in [0.3, 0.4) is 0 Å². The zero-order valence-corrected chi connectivity index (χ0v) is 14.8. The number of amides is 2. The standard InChI is InChI=1S/C18H17N3O4S/c22-16(11-13-2-1-9-26-13)20-5-7-21(8-6-20)17(23)12-3-4-14-15(10-12)25-18(24)19-14/h1-4,9-10H,5-8,11H2,(H,19,24). The number of nitrogens with one attached hydrogen (secondary N) is 1. The van der Waals surface area contributed by atoms with Gasteiger partial charge in [-0.05, 0) is 29.6 Å². The molecule has 3 heterocycles. The molecule has 1 N–H and O–H groups in total. The maximum Gasteiger partial charge on any atom is 0.417 e. The Hall–Kier alpha value is -2.87. The van der Waals surface area contributed by atoms with Crippen molar-refractivity contribution in [2.45, 2.75) is 6.42 Å². The van der Waals surface area contributed by atoms with E-state index in [0.29, 0.717) is 49.3 Å². The van der Waals surface area contributed by atoms with Crippen LogP contribution < -0.4 is 5.76 Å². The zero-order chi connectivity index (χ0) is 18.1. The van der Waals surface area contributed by atoms with Crippen LogP contribution in [0.25, 0.3) is 11.1 Å². The fraction of sp³-hybridized carbons (Fsp3) is 0.278. The predicted molar refractivity (Wildman–Crippen MR) is 97.3 cm³/mol. The number of aromatic amines is 1. The fourth-order valence-corrected chi connectivity index (χ4v) is 3.79. The molecular weight excluding hydrogens is 354 g/mol. The van der Waals surface area contributed by atoms with Crippen molar-refractivity contribution in [2.24, 2.45) is 0 Å². The molecule has 4 rings (SSSR count). The molecule has 1 aliphatic heterocycles. The normalized spacial score (nSPS) is 14.8. The lowest BCUT2D eigenvalue weighted by Crippen LogP contribution is -2.50. The Morgan fingerprint density at radius 2 is 1.88 bits per heavy atom. The lowest BCUT2D eigenvalue weighted by Gasteiger charge is -2.34. The molecule has 0 aliphatic carbocycles. The average molecular weight is 371 g/mol. The van der Waals surface area contributed by atoms with E-state index in [2.05, 4.69) is 4.98 Å². The van der Waals surface area contributed by atoms with Gasteiger partial charge in [0.05, 0.1) is 11.9 Å². The molecule has 2 aromatic heterocycles. The van der Waals surface area contributed by atoms with Gasteiger partial charge in [-0.1, -0.05) is 6.07 Å². The van der Waals surface area contributed by atoms with Gasteiger partial charge in [0.25, 0.3) is 5.91 Å². The Kier molecular flexibility index (Phi) is 4.34. The van der Waals surface area contributed by atoms with Gasteiger partial charge < -0.3 is 14.2 Å². The number of oxazole rings is 1. The molecule has 7 nitrogen and oxygen atoms in total. The highest BCUT2D eigenvalue weighted by molar-refractivity contribution is 7.10. The first-order valence-electron chi connectivity index (χ1n) is 8.32. The number of carbonyl (C=O) groups excluding carboxylic acids is 2. The quantitative estimate of drug-likeness (QED) is 0.759. The summed E-state index contributed by atoms with van der Waals surface area (Å²) in [4.78, 5) is 43.4. The Balaban J connectivity index is 1.39. The van der Waals surface area contributed by atoms with Crippen LogP contribution in [0.4, 0.5) is 0 Å². The van der Waals surface area contributed by atoms with E-state index < -0.39 is 5.76 Å². The maximum absolute atomic E-state index is 12.7. The summed E-state index contributed by atoms with van der Waals surface area (Å²) in [6, 6.07) is 8.80. The summed E-state index contributed by atoms with van der Waals surface area (Å²) in [5, 5.41) is 1.96. The van der Waals surface area contributed by atoms with Crippen molar-refractivity contribution in [3.05, 3.63) is 56.7 Å². The molecule has 3 aromatic rings. The number of aromatic nitrogens is 1. The van der Waals surface area contributed by atoms with Crippen molar-refractivity contribution in [3.8, 4) is 0 Å². The number of hydrogen-bond donors (Lipinski definition) is 1. The minimum absolute atomic E-state index is 0.0927. The van der Waals surface area contributed by atoms with Crippen molar-refractivity contribution in [1.29, 1.82) is 0 Å². The number of nitrogens with zero attached hydrogens (tertiary/aromatic N) is 2. The van der Waals surface area contributed by atoms with E-state index >= 15 is 0 Å². The fourth-order valence-electron chi connectivity index (χ4n) is 3.09. The molecule has 0 spiro atoms. The molecule has 26 heavy (non-hydrogen) atoms. The number of H-pyrrole nitrogens is 1. The number of hydrogen-bond acceptors (Lipinski definition) is 5. The molecule has 0 saturated carbocycles. The first kappa shape index (κ1) is 16.6. The number of thiophene rings is 1. The van der Waals surface area contributed by atoms with Crippen molar-refractivity contribution in [3.63, 3.8) is 0 Å². The monoisotopic (exact) mass is 371 g/mol. The summed E-state index contributed by atoms with van der Waals surface area (Å²) in [7, 11) is 0. The van der Waals surface area contributed by atoms with Gasteiger partial charge in [0.15, 0.2) is 5.58 Å². The Bertz CT molecular complexity index is 997. The Morgan fingerprint density at radius 3 is 2.62 bits per heavy atom. The van der Waals surface area contributed by atoms with Crippen molar-refractivity contribution in [1.82, 2.24) is 14.8 Å².